The molecule has 0 spiro atoms. The van der Waals surface area contributed by atoms with Crippen molar-refractivity contribution in [2.24, 2.45) is 10.3 Å². The quantitative estimate of drug-likeness (QED) is 0.415. The average Bonchev–Trinajstić information content (AvgIpc) is 2.84. The zero-order chi connectivity index (χ0) is 23.7. The van der Waals surface area contributed by atoms with E-state index in [2.05, 4.69) is 20.0 Å². The van der Waals surface area contributed by atoms with Crippen molar-refractivity contribution in [3.63, 3.8) is 0 Å². The van der Waals surface area contributed by atoms with Gasteiger partial charge in [-0.05, 0) is 42.8 Å². The van der Waals surface area contributed by atoms with E-state index in [1.165, 1.54) is 17.2 Å². The first-order chi connectivity index (χ1) is 16.5. The molecule has 2 N–H and O–H groups in total. The number of pyridine rings is 1. The van der Waals surface area contributed by atoms with E-state index in [1.807, 2.05) is 30.3 Å². The topological polar surface area (TPSA) is 121 Å². The van der Waals surface area contributed by atoms with E-state index in [4.69, 9.17) is 0 Å². The van der Waals surface area contributed by atoms with E-state index in [1.54, 1.807) is 30.3 Å². The van der Waals surface area contributed by atoms with E-state index in [0.29, 0.717) is 19.5 Å². The Morgan fingerprint density at radius 2 is 1.74 bits per heavy atom. The lowest BCUT2D eigenvalue weighted by Crippen LogP contribution is -2.51. The van der Waals surface area contributed by atoms with Crippen LogP contribution in [-0.4, -0.2) is 44.0 Å². The fourth-order valence-electron chi connectivity index (χ4n) is 4.07. The van der Waals surface area contributed by atoms with Crippen molar-refractivity contribution in [3.8, 4) is 0 Å². The fourth-order valence-corrected chi connectivity index (χ4v) is 5.23. The van der Waals surface area contributed by atoms with Crippen molar-refractivity contribution in [2.75, 3.05) is 28.6 Å². The van der Waals surface area contributed by atoms with Gasteiger partial charge in [0.15, 0.2) is 11.7 Å². The zero-order valence-electron chi connectivity index (χ0n) is 18.0. The lowest BCUT2D eigenvalue weighted by molar-refractivity contribution is -0.119. The Morgan fingerprint density at radius 1 is 0.971 bits per heavy atom. The van der Waals surface area contributed by atoms with Gasteiger partial charge in [0.2, 0.25) is 5.91 Å². The Bertz CT molecular complexity index is 1410. The summed E-state index contributed by atoms with van der Waals surface area (Å²) in [6, 6.07) is 19.1. The molecular weight excluding hydrogens is 454 g/mol. The van der Waals surface area contributed by atoms with Crippen LogP contribution in [0.1, 0.15) is 16.8 Å². The van der Waals surface area contributed by atoms with Gasteiger partial charge in [-0.15, -0.1) is 4.40 Å². The molecule has 1 atom stereocenters. The predicted molar refractivity (Wildman–Crippen MR) is 129 cm³/mol. The minimum atomic E-state index is -4.06. The second-order valence-electron chi connectivity index (χ2n) is 7.88. The first-order valence-electron chi connectivity index (χ1n) is 10.8. The van der Waals surface area contributed by atoms with Gasteiger partial charge in [0.1, 0.15) is 16.5 Å². The molecule has 9 nitrogen and oxygen atoms in total. The van der Waals surface area contributed by atoms with Crippen LogP contribution in [0.4, 0.5) is 17.2 Å². The number of hydrogen-bond acceptors (Lipinski definition) is 7. The summed E-state index contributed by atoms with van der Waals surface area (Å²) in [6.45, 7) is 0.888. The number of Topliss-reactive ketones (excluding diaryl/α,β-unsaturated/α-hetero) is 1. The molecule has 172 valence electrons. The number of amidine groups is 1. The maximum absolute atomic E-state index is 13.5. The predicted octanol–water partition coefficient (Wildman–Crippen LogP) is 2.94. The van der Waals surface area contributed by atoms with Gasteiger partial charge in [0.25, 0.3) is 10.0 Å². The molecular formula is C24H21N5O4S. The van der Waals surface area contributed by atoms with Crippen LogP contribution in [0.25, 0.3) is 0 Å². The monoisotopic (exact) mass is 475 g/mol. The number of fused-ring (bicyclic) bond motifs is 2. The van der Waals surface area contributed by atoms with E-state index in [-0.39, 0.29) is 27.8 Å². The number of hydrogen-bond donors (Lipinski definition) is 2. The number of carbonyl (C=O) groups is 2. The second-order valence-corrected chi connectivity index (χ2v) is 9.45. The lowest BCUT2D eigenvalue weighted by atomic mass is 9.90. The van der Waals surface area contributed by atoms with Gasteiger partial charge in [-0.1, -0.05) is 30.3 Å². The van der Waals surface area contributed by atoms with Gasteiger partial charge < -0.3 is 10.6 Å². The number of nitrogens with one attached hydrogen (secondary N) is 2. The van der Waals surface area contributed by atoms with E-state index < -0.39 is 27.6 Å². The van der Waals surface area contributed by atoms with Gasteiger partial charge in [0.05, 0.1) is 11.3 Å². The number of nitrogens with zero attached hydrogens (tertiary/aromatic N) is 3. The lowest BCUT2D eigenvalue weighted by Gasteiger charge is -2.33. The molecule has 0 saturated heterocycles. The SMILES string of the molecule is O=C1c2cccnc2N(CCCNc2ccccc2)C(=O)C1C1=NS(=O)(=O)c2ccccc2N1. The summed E-state index contributed by atoms with van der Waals surface area (Å²) in [7, 11) is -4.06. The highest BCUT2D eigenvalue weighted by atomic mass is 32.2. The minimum absolute atomic E-state index is 0.000340. The molecule has 1 aromatic heterocycles. The van der Waals surface area contributed by atoms with Crippen LogP contribution in [0.5, 0.6) is 0 Å². The number of anilines is 3. The van der Waals surface area contributed by atoms with Crippen LogP contribution in [0.2, 0.25) is 0 Å². The highest BCUT2D eigenvalue weighted by molar-refractivity contribution is 7.90. The number of aromatic nitrogens is 1. The molecule has 1 amide bonds. The highest BCUT2D eigenvalue weighted by Crippen LogP contribution is 2.33. The van der Waals surface area contributed by atoms with Crippen LogP contribution < -0.4 is 15.5 Å². The maximum atomic E-state index is 13.5. The molecule has 0 radical (unpaired) electrons. The first-order valence-corrected chi connectivity index (χ1v) is 12.2. The van der Waals surface area contributed by atoms with Crippen molar-refractivity contribution >= 4 is 44.7 Å². The number of amides is 1. The Kier molecular flexibility index (Phi) is 5.58. The normalized spacial score (nSPS) is 18.4. The van der Waals surface area contributed by atoms with Crippen LogP contribution in [0.15, 0.2) is 82.2 Å². The first kappa shape index (κ1) is 21.8. The molecule has 10 heteroatoms. The van der Waals surface area contributed by atoms with E-state index >= 15 is 0 Å². The molecule has 2 aromatic carbocycles. The van der Waals surface area contributed by atoms with Gasteiger partial charge in [-0.25, -0.2) is 4.98 Å². The smallest absolute Gasteiger partial charge is 0.286 e. The molecule has 0 bridgehead atoms. The Hall–Kier alpha value is -4.05. The van der Waals surface area contributed by atoms with Crippen LogP contribution in [0, 0.1) is 5.92 Å². The zero-order valence-corrected chi connectivity index (χ0v) is 18.8. The van der Waals surface area contributed by atoms with Crippen molar-refractivity contribution in [2.45, 2.75) is 11.3 Å². The molecule has 1 unspecified atom stereocenters. The summed E-state index contributed by atoms with van der Waals surface area (Å²) in [5.41, 5.74) is 1.50. The van der Waals surface area contributed by atoms with Gasteiger partial charge in [-0.2, -0.15) is 8.42 Å². The number of ketones is 1. The number of rotatable bonds is 6. The minimum Gasteiger partial charge on any atom is -0.385 e. The third kappa shape index (κ3) is 3.92. The summed E-state index contributed by atoms with van der Waals surface area (Å²) >= 11 is 0. The number of benzene rings is 2. The Balaban J connectivity index is 1.43. The van der Waals surface area contributed by atoms with E-state index in [9.17, 15) is 18.0 Å². The molecule has 3 heterocycles. The maximum Gasteiger partial charge on any atom is 0.286 e. The summed E-state index contributed by atoms with van der Waals surface area (Å²) in [4.78, 5) is 32.5. The number of para-hydroxylation sites is 2. The van der Waals surface area contributed by atoms with Gasteiger partial charge in [0, 0.05) is 25.0 Å². The fraction of sp³-hybridized carbons (Fsp3) is 0.167. The third-order valence-electron chi connectivity index (χ3n) is 5.66. The molecule has 0 fully saturated rings. The van der Waals surface area contributed by atoms with Crippen molar-refractivity contribution in [3.05, 3.63) is 78.5 Å². The van der Waals surface area contributed by atoms with Gasteiger partial charge >= 0.3 is 0 Å². The largest absolute Gasteiger partial charge is 0.385 e. The molecule has 0 aliphatic carbocycles. The molecule has 2 aliphatic heterocycles. The highest BCUT2D eigenvalue weighted by Gasteiger charge is 2.45. The standard InChI is InChI=1S/C24H21N5O4S/c30-21-17-10-6-13-26-23(17)29(15-7-14-25-16-8-2-1-3-9-16)24(31)20(21)22-27-18-11-4-5-12-19(18)34(32,33)28-22/h1-6,8-13,20,25H,7,14-15H2,(H,27,28). The van der Waals surface area contributed by atoms with Crippen molar-refractivity contribution in [1.82, 2.24) is 4.98 Å². The summed E-state index contributed by atoms with van der Waals surface area (Å²) in [6.07, 6.45) is 2.10. The van der Waals surface area contributed by atoms with E-state index in [0.717, 1.165) is 5.69 Å². The van der Waals surface area contributed by atoms with Gasteiger partial charge in [-0.3, -0.25) is 14.5 Å². The summed E-state index contributed by atoms with van der Waals surface area (Å²) < 4.78 is 29.3. The molecule has 3 aromatic rings. The third-order valence-corrected chi connectivity index (χ3v) is 7.01. The number of sulfonamides is 1. The average molecular weight is 476 g/mol. The van der Waals surface area contributed by atoms with Crippen LogP contribution in [0.3, 0.4) is 0 Å². The Labute approximate surface area is 196 Å². The molecule has 5 rings (SSSR count). The molecule has 2 aliphatic rings. The van der Waals surface area contributed by atoms with Crippen LogP contribution >= 0.6 is 0 Å². The van der Waals surface area contributed by atoms with Crippen LogP contribution in [-0.2, 0) is 14.8 Å². The van der Waals surface area contributed by atoms with Crippen molar-refractivity contribution in [1.29, 1.82) is 0 Å². The number of carbonyl (C=O) groups excluding carboxylic acids is 2. The second kappa shape index (κ2) is 8.71. The molecule has 34 heavy (non-hydrogen) atoms. The summed E-state index contributed by atoms with van der Waals surface area (Å²) in [5, 5.41) is 6.18. The van der Waals surface area contributed by atoms with Crippen molar-refractivity contribution < 1.29 is 18.0 Å². The summed E-state index contributed by atoms with van der Waals surface area (Å²) in [5.74, 6) is -2.42. The Morgan fingerprint density at radius 3 is 2.56 bits per heavy atom. The molecule has 0 saturated carbocycles.